The molecule has 0 unspecified atom stereocenters. The molecular formula is C19H15F3N4O. The number of carbonyl (C=O) groups is 1. The van der Waals surface area contributed by atoms with Crippen molar-refractivity contribution in [2.45, 2.75) is 6.42 Å². The maximum atomic E-state index is 13.7. The molecule has 0 radical (unpaired) electrons. The molecule has 0 fully saturated rings. The molecule has 3 rings (SSSR count). The zero-order valence-electron chi connectivity index (χ0n) is 14.0. The Morgan fingerprint density at radius 2 is 1.70 bits per heavy atom. The van der Waals surface area contributed by atoms with Crippen LogP contribution in [0.4, 0.5) is 24.8 Å². The molecule has 2 aromatic carbocycles. The second-order valence-electron chi connectivity index (χ2n) is 5.65. The topological polar surface area (TPSA) is 66.9 Å². The summed E-state index contributed by atoms with van der Waals surface area (Å²) in [4.78, 5) is 20.1. The molecule has 1 amide bonds. The molecule has 0 aliphatic carbocycles. The van der Waals surface area contributed by atoms with Crippen molar-refractivity contribution in [3.05, 3.63) is 83.4 Å². The standard InChI is InChI=1S/C19H15F3N4O/c20-13-3-1-12(2-4-13)7-9-23-18(27)17-8-10-24-19(26-17)25-16-6-5-14(21)11-15(16)22/h1-6,8,10-11H,7,9H2,(H,23,27)(H,24,25,26). The smallest absolute Gasteiger partial charge is 0.270 e. The van der Waals surface area contributed by atoms with Gasteiger partial charge in [-0.1, -0.05) is 12.1 Å². The molecular weight excluding hydrogens is 357 g/mol. The van der Waals surface area contributed by atoms with Crippen LogP contribution in [-0.4, -0.2) is 22.4 Å². The Bertz CT molecular complexity index is 948. The molecule has 1 aromatic heterocycles. The van der Waals surface area contributed by atoms with Gasteiger partial charge in [-0.05, 0) is 42.3 Å². The van der Waals surface area contributed by atoms with E-state index in [0.717, 1.165) is 17.7 Å². The van der Waals surface area contributed by atoms with Crippen LogP contribution in [0.2, 0.25) is 0 Å². The van der Waals surface area contributed by atoms with E-state index in [9.17, 15) is 18.0 Å². The molecule has 8 heteroatoms. The lowest BCUT2D eigenvalue weighted by molar-refractivity contribution is 0.0949. The first kappa shape index (κ1) is 18.4. The van der Waals surface area contributed by atoms with Gasteiger partial charge in [-0.25, -0.2) is 23.1 Å². The number of nitrogens with one attached hydrogen (secondary N) is 2. The maximum Gasteiger partial charge on any atom is 0.270 e. The number of carbonyl (C=O) groups excluding carboxylic acids is 1. The molecule has 1 heterocycles. The first-order chi connectivity index (χ1) is 13.0. The highest BCUT2D eigenvalue weighted by molar-refractivity contribution is 5.92. The first-order valence-electron chi connectivity index (χ1n) is 8.09. The number of nitrogens with zero attached hydrogens (tertiary/aromatic N) is 2. The van der Waals surface area contributed by atoms with Crippen molar-refractivity contribution >= 4 is 17.5 Å². The summed E-state index contributed by atoms with van der Waals surface area (Å²) in [5.41, 5.74) is 0.966. The Kier molecular flexibility index (Phi) is 5.65. The van der Waals surface area contributed by atoms with Crippen LogP contribution in [0.1, 0.15) is 16.1 Å². The third-order valence-corrected chi connectivity index (χ3v) is 3.68. The highest BCUT2D eigenvalue weighted by Crippen LogP contribution is 2.18. The number of rotatable bonds is 6. The molecule has 0 spiro atoms. The molecule has 0 saturated carbocycles. The second kappa shape index (κ2) is 8.31. The molecule has 0 bridgehead atoms. The molecule has 2 N–H and O–H groups in total. The van der Waals surface area contributed by atoms with Gasteiger partial charge in [0.15, 0.2) is 0 Å². The van der Waals surface area contributed by atoms with E-state index in [-0.39, 0.29) is 23.1 Å². The fraction of sp³-hybridized carbons (Fsp3) is 0.105. The lowest BCUT2D eigenvalue weighted by atomic mass is 10.1. The average molecular weight is 372 g/mol. The molecule has 138 valence electrons. The Morgan fingerprint density at radius 3 is 2.44 bits per heavy atom. The molecule has 0 aliphatic rings. The Morgan fingerprint density at radius 1 is 0.963 bits per heavy atom. The summed E-state index contributed by atoms with van der Waals surface area (Å²) in [5, 5.41) is 5.30. The van der Waals surface area contributed by atoms with Crippen LogP contribution in [0.15, 0.2) is 54.7 Å². The van der Waals surface area contributed by atoms with Crippen molar-refractivity contribution < 1.29 is 18.0 Å². The lowest BCUT2D eigenvalue weighted by Crippen LogP contribution is -2.26. The van der Waals surface area contributed by atoms with Gasteiger partial charge in [-0.2, -0.15) is 0 Å². The third kappa shape index (κ3) is 5.04. The first-order valence-corrected chi connectivity index (χ1v) is 8.09. The van der Waals surface area contributed by atoms with E-state index in [4.69, 9.17) is 0 Å². The number of anilines is 2. The van der Waals surface area contributed by atoms with E-state index >= 15 is 0 Å². The second-order valence-corrected chi connectivity index (χ2v) is 5.65. The Labute approximate surface area is 153 Å². The zero-order valence-corrected chi connectivity index (χ0v) is 14.0. The Balaban J connectivity index is 1.60. The van der Waals surface area contributed by atoms with Gasteiger partial charge in [-0.15, -0.1) is 0 Å². The molecule has 0 aliphatic heterocycles. The van der Waals surface area contributed by atoms with Gasteiger partial charge < -0.3 is 10.6 Å². The predicted molar refractivity (Wildman–Crippen MR) is 94.1 cm³/mol. The number of hydrogen-bond donors (Lipinski definition) is 2. The lowest BCUT2D eigenvalue weighted by Gasteiger charge is -2.08. The van der Waals surface area contributed by atoms with Crippen LogP contribution in [-0.2, 0) is 6.42 Å². The largest absolute Gasteiger partial charge is 0.350 e. The van der Waals surface area contributed by atoms with Gasteiger partial charge in [0.05, 0.1) is 5.69 Å². The monoisotopic (exact) mass is 372 g/mol. The summed E-state index contributed by atoms with van der Waals surface area (Å²) in [5.74, 6) is -2.24. The van der Waals surface area contributed by atoms with Crippen molar-refractivity contribution in [3.8, 4) is 0 Å². The van der Waals surface area contributed by atoms with Gasteiger partial charge in [0.1, 0.15) is 23.1 Å². The van der Waals surface area contributed by atoms with Gasteiger partial charge in [0, 0.05) is 18.8 Å². The van der Waals surface area contributed by atoms with Gasteiger partial charge in [-0.3, -0.25) is 4.79 Å². The Hall–Kier alpha value is -3.42. The highest BCUT2D eigenvalue weighted by atomic mass is 19.1. The predicted octanol–water partition coefficient (Wildman–Crippen LogP) is 3.61. The van der Waals surface area contributed by atoms with Crippen molar-refractivity contribution in [3.63, 3.8) is 0 Å². The SMILES string of the molecule is O=C(NCCc1ccc(F)cc1)c1ccnc(Nc2ccc(F)cc2F)n1. The fourth-order valence-electron chi connectivity index (χ4n) is 2.32. The third-order valence-electron chi connectivity index (χ3n) is 3.68. The number of aromatic nitrogens is 2. The van der Waals surface area contributed by atoms with Crippen molar-refractivity contribution in [1.82, 2.24) is 15.3 Å². The maximum absolute atomic E-state index is 13.7. The molecule has 5 nitrogen and oxygen atoms in total. The fourth-order valence-corrected chi connectivity index (χ4v) is 2.32. The highest BCUT2D eigenvalue weighted by Gasteiger charge is 2.10. The van der Waals surface area contributed by atoms with E-state index in [1.54, 1.807) is 12.1 Å². The normalized spacial score (nSPS) is 10.5. The van der Waals surface area contributed by atoms with Crippen molar-refractivity contribution in [2.24, 2.45) is 0 Å². The number of benzene rings is 2. The molecule has 0 atom stereocenters. The van der Waals surface area contributed by atoms with Crippen LogP contribution in [0.5, 0.6) is 0 Å². The number of amides is 1. The average Bonchev–Trinajstić information content (AvgIpc) is 2.66. The van der Waals surface area contributed by atoms with Crippen molar-refractivity contribution in [1.29, 1.82) is 0 Å². The van der Waals surface area contributed by atoms with E-state index in [0.29, 0.717) is 13.0 Å². The van der Waals surface area contributed by atoms with Crippen LogP contribution in [0, 0.1) is 17.5 Å². The molecule has 3 aromatic rings. The summed E-state index contributed by atoms with van der Waals surface area (Å²) in [6.07, 6.45) is 1.88. The van der Waals surface area contributed by atoms with E-state index in [1.807, 2.05) is 0 Å². The van der Waals surface area contributed by atoms with Gasteiger partial charge >= 0.3 is 0 Å². The molecule has 0 saturated heterocycles. The minimum atomic E-state index is -0.798. The van der Waals surface area contributed by atoms with Crippen LogP contribution in [0.25, 0.3) is 0 Å². The molecule has 27 heavy (non-hydrogen) atoms. The summed E-state index contributed by atoms with van der Waals surface area (Å²) in [7, 11) is 0. The quantitative estimate of drug-likeness (QED) is 0.694. The van der Waals surface area contributed by atoms with E-state index in [1.165, 1.54) is 30.5 Å². The summed E-state index contributed by atoms with van der Waals surface area (Å²) < 4.78 is 39.5. The number of halogens is 3. The van der Waals surface area contributed by atoms with Crippen molar-refractivity contribution in [2.75, 3.05) is 11.9 Å². The summed E-state index contributed by atoms with van der Waals surface area (Å²) >= 11 is 0. The van der Waals surface area contributed by atoms with E-state index < -0.39 is 17.5 Å². The minimum absolute atomic E-state index is 0.00620. The minimum Gasteiger partial charge on any atom is -0.350 e. The summed E-state index contributed by atoms with van der Waals surface area (Å²) in [6, 6.07) is 10.5. The zero-order chi connectivity index (χ0) is 19.2. The van der Waals surface area contributed by atoms with Crippen LogP contribution in [0.3, 0.4) is 0 Å². The number of hydrogen-bond acceptors (Lipinski definition) is 4. The summed E-state index contributed by atoms with van der Waals surface area (Å²) in [6.45, 7) is 0.337. The van der Waals surface area contributed by atoms with Crippen LogP contribution < -0.4 is 10.6 Å². The van der Waals surface area contributed by atoms with E-state index in [2.05, 4.69) is 20.6 Å². The van der Waals surface area contributed by atoms with Gasteiger partial charge in [0.2, 0.25) is 5.95 Å². The van der Waals surface area contributed by atoms with Crippen LogP contribution >= 0.6 is 0 Å². The van der Waals surface area contributed by atoms with Gasteiger partial charge in [0.25, 0.3) is 5.91 Å².